The monoisotopic (exact) mass is 299 g/mol. The van der Waals surface area contributed by atoms with Gasteiger partial charge in [0.2, 0.25) is 6.10 Å². The van der Waals surface area contributed by atoms with Gasteiger partial charge in [0.1, 0.15) is 5.75 Å². The van der Waals surface area contributed by atoms with E-state index in [1.807, 2.05) is 54.8 Å². The summed E-state index contributed by atoms with van der Waals surface area (Å²) >= 11 is 1.63. The third-order valence-corrected chi connectivity index (χ3v) is 4.11. The molecular weight excluding hydrogens is 286 g/mol. The number of ether oxygens (including phenoxy) is 1. The van der Waals surface area contributed by atoms with Crippen molar-refractivity contribution in [1.82, 2.24) is 0 Å². The summed E-state index contributed by atoms with van der Waals surface area (Å²) in [5, 5.41) is 11.3. The maximum atomic E-state index is 11.3. The first-order valence-electron chi connectivity index (χ1n) is 6.44. The van der Waals surface area contributed by atoms with Gasteiger partial charge in [-0.1, -0.05) is 30.3 Å². The van der Waals surface area contributed by atoms with Gasteiger partial charge in [-0.05, 0) is 24.5 Å². The second-order valence-electron chi connectivity index (χ2n) is 4.64. The molecule has 0 bridgehead atoms. The zero-order valence-electron chi connectivity index (χ0n) is 11.4. The molecule has 1 aliphatic heterocycles. The van der Waals surface area contributed by atoms with Gasteiger partial charge in [-0.25, -0.2) is 0 Å². The van der Waals surface area contributed by atoms with Gasteiger partial charge in [-0.15, -0.1) is 11.8 Å². The molecule has 2 aromatic carbocycles. The van der Waals surface area contributed by atoms with Crippen LogP contribution in [0, 0.1) is 10.1 Å². The summed E-state index contributed by atoms with van der Waals surface area (Å²) in [4.78, 5) is 12.1. The van der Waals surface area contributed by atoms with Gasteiger partial charge in [0, 0.05) is 22.1 Å². The van der Waals surface area contributed by atoms with Crippen LogP contribution in [0.5, 0.6) is 5.75 Å². The number of thioether (sulfide) groups is 1. The lowest BCUT2D eigenvalue weighted by Crippen LogP contribution is -2.19. The van der Waals surface area contributed by atoms with Gasteiger partial charge >= 0.3 is 0 Å². The minimum Gasteiger partial charge on any atom is -0.474 e. The number of hydrogen-bond donors (Lipinski definition) is 0. The normalized spacial score (nSPS) is 16.6. The van der Waals surface area contributed by atoms with Crippen molar-refractivity contribution in [3.63, 3.8) is 0 Å². The average Bonchev–Trinajstić information content (AvgIpc) is 2.53. The standard InChI is InChI=1S/C16H13NO3S/c1-21-13-8-6-11(7-9-13)16-14(17(18)19)10-12-4-2-3-5-15(12)20-16/h2-10,16H,1H3/t16-/m0/s1. The van der Waals surface area contributed by atoms with Crippen LogP contribution in [-0.4, -0.2) is 11.2 Å². The lowest BCUT2D eigenvalue weighted by molar-refractivity contribution is -0.434. The number of nitro groups is 1. The van der Waals surface area contributed by atoms with Gasteiger partial charge in [0.15, 0.2) is 0 Å². The first-order valence-corrected chi connectivity index (χ1v) is 7.67. The highest BCUT2D eigenvalue weighted by Gasteiger charge is 2.32. The number of para-hydroxylation sites is 1. The molecule has 0 radical (unpaired) electrons. The van der Waals surface area contributed by atoms with Crippen LogP contribution in [0.25, 0.3) is 6.08 Å². The van der Waals surface area contributed by atoms with Crippen LogP contribution in [0.15, 0.2) is 59.1 Å². The summed E-state index contributed by atoms with van der Waals surface area (Å²) in [6.07, 6.45) is 2.90. The highest BCUT2D eigenvalue weighted by atomic mass is 32.2. The fraction of sp³-hybridized carbons (Fsp3) is 0.125. The second-order valence-corrected chi connectivity index (χ2v) is 5.51. The molecule has 0 N–H and O–H groups in total. The summed E-state index contributed by atoms with van der Waals surface area (Å²) in [6.45, 7) is 0. The van der Waals surface area contributed by atoms with Crippen LogP contribution < -0.4 is 4.74 Å². The average molecular weight is 299 g/mol. The molecular formula is C16H13NO3S. The molecule has 4 nitrogen and oxygen atoms in total. The van der Waals surface area contributed by atoms with Gasteiger partial charge in [0.05, 0.1) is 4.92 Å². The first-order chi connectivity index (χ1) is 10.2. The Kier molecular flexibility index (Phi) is 3.66. The lowest BCUT2D eigenvalue weighted by atomic mass is 10.0. The van der Waals surface area contributed by atoms with Crippen LogP contribution in [0.2, 0.25) is 0 Å². The van der Waals surface area contributed by atoms with E-state index in [1.54, 1.807) is 17.8 Å². The third-order valence-electron chi connectivity index (χ3n) is 3.37. The summed E-state index contributed by atoms with van der Waals surface area (Å²) in [6, 6.07) is 15.0. The number of rotatable bonds is 3. The summed E-state index contributed by atoms with van der Waals surface area (Å²) < 4.78 is 5.85. The Bertz CT molecular complexity index is 710. The molecule has 0 spiro atoms. The molecule has 0 amide bonds. The zero-order chi connectivity index (χ0) is 14.8. The Morgan fingerprint density at radius 3 is 2.52 bits per heavy atom. The third kappa shape index (κ3) is 2.64. The molecule has 0 aliphatic carbocycles. The number of fused-ring (bicyclic) bond motifs is 1. The Balaban J connectivity index is 2.03. The van der Waals surface area contributed by atoms with E-state index in [4.69, 9.17) is 4.74 Å². The molecule has 3 rings (SSSR count). The van der Waals surface area contributed by atoms with E-state index in [9.17, 15) is 10.1 Å². The molecule has 1 atom stereocenters. The van der Waals surface area contributed by atoms with Crippen LogP contribution in [0.3, 0.4) is 0 Å². The maximum absolute atomic E-state index is 11.3. The van der Waals surface area contributed by atoms with Crippen LogP contribution in [0.1, 0.15) is 17.2 Å². The fourth-order valence-electron chi connectivity index (χ4n) is 2.30. The second kappa shape index (κ2) is 5.61. The van der Waals surface area contributed by atoms with Crippen molar-refractivity contribution < 1.29 is 9.66 Å². The van der Waals surface area contributed by atoms with Gasteiger partial charge in [-0.3, -0.25) is 10.1 Å². The Labute approximate surface area is 126 Å². The summed E-state index contributed by atoms with van der Waals surface area (Å²) in [5.74, 6) is 0.669. The molecule has 0 unspecified atom stereocenters. The van der Waals surface area contributed by atoms with Crippen molar-refractivity contribution in [1.29, 1.82) is 0 Å². The zero-order valence-corrected chi connectivity index (χ0v) is 12.2. The highest BCUT2D eigenvalue weighted by molar-refractivity contribution is 7.98. The number of hydrogen-bond acceptors (Lipinski definition) is 4. The fourth-order valence-corrected chi connectivity index (χ4v) is 2.70. The van der Waals surface area contributed by atoms with Crippen molar-refractivity contribution in [2.24, 2.45) is 0 Å². The van der Waals surface area contributed by atoms with Gasteiger partial charge in [-0.2, -0.15) is 0 Å². The van der Waals surface area contributed by atoms with E-state index in [0.29, 0.717) is 5.75 Å². The quantitative estimate of drug-likeness (QED) is 0.485. The van der Waals surface area contributed by atoms with Gasteiger partial charge < -0.3 is 4.74 Å². The molecule has 5 heteroatoms. The molecule has 0 fully saturated rings. The maximum Gasteiger partial charge on any atom is 0.291 e. The number of nitrogens with zero attached hydrogens (tertiary/aromatic N) is 1. The molecule has 2 aromatic rings. The molecule has 0 saturated carbocycles. The lowest BCUT2D eigenvalue weighted by Gasteiger charge is -2.22. The van der Waals surface area contributed by atoms with E-state index in [0.717, 1.165) is 16.0 Å². The minimum absolute atomic E-state index is 0.0607. The Hall–Kier alpha value is -2.27. The predicted octanol–water partition coefficient (Wildman–Crippen LogP) is 4.16. The SMILES string of the molecule is CSc1ccc([C@@H]2Oc3ccccc3C=C2[N+](=O)[O-])cc1. The van der Waals surface area contributed by atoms with Gasteiger partial charge in [0.25, 0.3) is 5.70 Å². The molecule has 21 heavy (non-hydrogen) atoms. The largest absolute Gasteiger partial charge is 0.474 e. The molecule has 0 aromatic heterocycles. The smallest absolute Gasteiger partial charge is 0.291 e. The molecule has 1 heterocycles. The van der Waals surface area contributed by atoms with Crippen LogP contribution in [0.4, 0.5) is 0 Å². The van der Waals surface area contributed by atoms with Crippen molar-refractivity contribution in [2.45, 2.75) is 11.0 Å². The summed E-state index contributed by atoms with van der Waals surface area (Å²) in [7, 11) is 0. The van der Waals surface area contributed by atoms with Crippen LogP contribution in [-0.2, 0) is 0 Å². The van der Waals surface area contributed by atoms with E-state index >= 15 is 0 Å². The Morgan fingerprint density at radius 1 is 1.14 bits per heavy atom. The van der Waals surface area contributed by atoms with E-state index < -0.39 is 6.10 Å². The molecule has 106 valence electrons. The van der Waals surface area contributed by atoms with Crippen LogP contribution >= 0.6 is 11.8 Å². The van der Waals surface area contributed by atoms with E-state index in [2.05, 4.69) is 0 Å². The predicted molar refractivity (Wildman–Crippen MR) is 83.0 cm³/mol. The van der Waals surface area contributed by atoms with Crippen molar-refractivity contribution in [3.05, 3.63) is 75.5 Å². The minimum atomic E-state index is -0.675. The van der Waals surface area contributed by atoms with Crippen molar-refractivity contribution in [3.8, 4) is 5.75 Å². The number of benzene rings is 2. The first kappa shape index (κ1) is 13.7. The molecule has 0 saturated heterocycles. The van der Waals surface area contributed by atoms with Crippen molar-refractivity contribution in [2.75, 3.05) is 6.26 Å². The van der Waals surface area contributed by atoms with E-state index in [1.165, 1.54) is 0 Å². The molecule has 1 aliphatic rings. The Morgan fingerprint density at radius 2 is 1.86 bits per heavy atom. The topological polar surface area (TPSA) is 52.4 Å². The van der Waals surface area contributed by atoms with Crippen molar-refractivity contribution >= 4 is 17.8 Å². The summed E-state index contributed by atoms with van der Waals surface area (Å²) in [5.41, 5.74) is 1.58. The highest BCUT2D eigenvalue weighted by Crippen LogP contribution is 2.37. The van der Waals surface area contributed by atoms with E-state index in [-0.39, 0.29) is 10.6 Å².